The molecule has 3 N–H and O–H groups in total. The van der Waals surface area contributed by atoms with Gasteiger partial charge >= 0.3 is 5.97 Å². The molecule has 18 heavy (non-hydrogen) atoms. The summed E-state index contributed by atoms with van der Waals surface area (Å²) in [5, 5.41) is 17.5. The Bertz CT molecular complexity index is 531. The number of carboxylic acids is 1. The molecule has 0 spiro atoms. The molecule has 0 amide bonds. The van der Waals surface area contributed by atoms with Gasteiger partial charge < -0.3 is 10.2 Å². The van der Waals surface area contributed by atoms with Gasteiger partial charge in [-0.15, -0.1) is 0 Å². The van der Waals surface area contributed by atoms with Gasteiger partial charge in [-0.05, 0) is 18.6 Å². The summed E-state index contributed by atoms with van der Waals surface area (Å²) >= 11 is 5.74. The highest BCUT2D eigenvalue weighted by Crippen LogP contribution is 2.19. The lowest BCUT2D eigenvalue weighted by Gasteiger charge is -2.09. The smallest absolute Gasteiger partial charge is 0.332 e. The van der Waals surface area contributed by atoms with Crippen molar-refractivity contribution in [1.29, 1.82) is 0 Å². The third-order valence-electron chi connectivity index (χ3n) is 2.12. The van der Waals surface area contributed by atoms with Gasteiger partial charge in [-0.25, -0.2) is 17.9 Å². The van der Waals surface area contributed by atoms with Crippen LogP contribution in [0.1, 0.15) is 6.42 Å². The van der Waals surface area contributed by atoms with Gasteiger partial charge in [0.2, 0.25) is 10.0 Å². The molecule has 0 aliphatic heterocycles. The number of carbonyl (C=O) groups is 1. The number of aliphatic hydroxyl groups is 1. The standard InChI is InChI=1S/C10H12ClNO5S/c11-7-3-1-2-4-9(7)18(16,17)12-6-5-8(13)10(14)15/h1-4,8,12-13H,5-6H2,(H,14,15)/t8-/m0/s1. The molecule has 0 radical (unpaired) electrons. The molecule has 0 heterocycles. The predicted octanol–water partition coefficient (Wildman–Crippen LogP) is 0.454. The molecule has 0 saturated carbocycles. The molecule has 0 unspecified atom stereocenters. The van der Waals surface area contributed by atoms with E-state index < -0.39 is 22.1 Å². The molecule has 0 aliphatic carbocycles. The number of hydrogen-bond acceptors (Lipinski definition) is 4. The van der Waals surface area contributed by atoms with Gasteiger partial charge in [0.05, 0.1) is 5.02 Å². The van der Waals surface area contributed by atoms with Gasteiger partial charge in [-0.1, -0.05) is 23.7 Å². The molecule has 0 aliphatic rings. The van der Waals surface area contributed by atoms with Crippen LogP contribution in [-0.2, 0) is 14.8 Å². The first-order valence-electron chi connectivity index (χ1n) is 4.99. The van der Waals surface area contributed by atoms with E-state index >= 15 is 0 Å². The summed E-state index contributed by atoms with van der Waals surface area (Å²) in [6.07, 6.45) is -1.82. The summed E-state index contributed by atoms with van der Waals surface area (Å²) in [6, 6.07) is 5.88. The van der Waals surface area contributed by atoms with Crippen LogP contribution >= 0.6 is 11.6 Å². The Balaban J connectivity index is 2.67. The molecule has 0 saturated heterocycles. The lowest BCUT2D eigenvalue weighted by molar-refractivity contribution is -0.146. The quantitative estimate of drug-likeness (QED) is 0.707. The Labute approximate surface area is 109 Å². The van der Waals surface area contributed by atoms with E-state index in [0.717, 1.165) is 0 Å². The number of aliphatic hydroxyl groups excluding tert-OH is 1. The fourth-order valence-electron chi connectivity index (χ4n) is 1.19. The minimum atomic E-state index is -3.80. The number of benzene rings is 1. The summed E-state index contributed by atoms with van der Waals surface area (Å²) in [4.78, 5) is 10.2. The molecule has 0 bridgehead atoms. The molecule has 1 aromatic carbocycles. The van der Waals surface area contributed by atoms with Crippen LogP contribution in [0.4, 0.5) is 0 Å². The fourth-order valence-corrected chi connectivity index (χ4v) is 2.76. The summed E-state index contributed by atoms with van der Waals surface area (Å²) in [5.74, 6) is -1.40. The molecular weight excluding hydrogens is 282 g/mol. The molecule has 0 fully saturated rings. The van der Waals surface area contributed by atoms with Gasteiger partial charge in [0, 0.05) is 6.54 Å². The van der Waals surface area contributed by atoms with Gasteiger partial charge in [-0.2, -0.15) is 0 Å². The Morgan fingerprint density at radius 3 is 2.56 bits per heavy atom. The lowest BCUT2D eigenvalue weighted by Crippen LogP contribution is -2.30. The average molecular weight is 294 g/mol. The molecule has 1 rings (SSSR count). The van der Waals surface area contributed by atoms with E-state index in [9.17, 15) is 13.2 Å². The summed E-state index contributed by atoms with van der Waals surface area (Å²) < 4.78 is 25.7. The Kier molecular flexibility index (Phi) is 5.09. The van der Waals surface area contributed by atoms with E-state index in [-0.39, 0.29) is 22.9 Å². The second-order valence-electron chi connectivity index (χ2n) is 3.47. The summed E-state index contributed by atoms with van der Waals surface area (Å²) in [5.41, 5.74) is 0. The molecule has 6 nitrogen and oxygen atoms in total. The number of aliphatic carboxylic acids is 1. The second-order valence-corrected chi connectivity index (χ2v) is 5.61. The van der Waals surface area contributed by atoms with Gasteiger partial charge in [-0.3, -0.25) is 0 Å². The molecule has 100 valence electrons. The van der Waals surface area contributed by atoms with E-state index in [4.69, 9.17) is 21.8 Å². The maximum absolute atomic E-state index is 11.8. The van der Waals surface area contributed by atoms with Crippen LogP contribution in [0.3, 0.4) is 0 Å². The van der Waals surface area contributed by atoms with Crippen molar-refractivity contribution in [2.45, 2.75) is 17.4 Å². The van der Waals surface area contributed by atoms with Gasteiger partial charge in [0.15, 0.2) is 6.10 Å². The highest BCUT2D eigenvalue weighted by atomic mass is 35.5. The zero-order valence-electron chi connectivity index (χ0n) is 9.21. The number of sulfonamides is 1. The van der Waals surface area contributed by atoms with Crippen LogP contribution in [0.5, 0.6) is 0 Å². The number of hydrogen-bond donors (Lipinski definition) is 3. The van der Waals surface area contributed by atoms with Crippen molar-refractivity contribution in [3.8, 4) is 0 Å². The average Bonchev–Trinajstić information content (AvgIpc) is 2.28. The zero-order chi connectivity index (χ0) is 13.8. The number of rotatable bonds is 6. The monoisotopic (exact) mass is 293 g/mol. The highest BCUT2D eigenvalue weighted by molar-refractivity contribution is 7.89. The maximum atomic E-state index is 11.8. The summed E-state index contributed by atoms with van der Waals surface area (Å²) in [6.45, 7) is -0.193. The highest BCUT2D eigenvalue weighted by Gasteiger charge is 2.18. The van der Waals surface area contributed by atoms with Crippen LogP contribution in [0.25, 0.3) is 0 Å². The third-order valence-corrected chi connectivity index (χ3v) is 4.08. The van der Waals surface area contributed by atoms with Crippen LogP contribution in [0, 0.1) is 0 Å². The van der Waals surface area contributed by atoms with Crippen LogP contribution < -0.4 is 4.72 Å². The predicted molar refractivity (Wildman–Crippen MR) is 64.9 cm³/mol. The van der Waals surface area contributed by atoms with Crippen molar-refractivity contribution in [3.63, 3.8) is 0 Å². The Morgan fingerprint density at radius 1 is 1.39 bits per heavy atom. The molecule has 1 atom stereocenters. The normalized spacial score (nSPS) is 13.2. The van der Waals surface area contributed by atoms with E-state index in [1.54, 1.807) is 6.07 Å². The van der Waals surface area contributed by atoms with Crippen LogP contribution in [-0.4, -0.2) is 37.2 Å². The van der Waals surface area contributed by atoms with E-state index in [2.05, 4.69) is 4.72 Å². The van der Waals surface area contributed by atoms with Gasteiger partial charge in [0.25, 0.3) is 0 Å². The molecule has 1 aromatic rings. The molecule has 0 aromatic heterocycles. The third kappa shape index (κ3) is 3.95. The minimum absolute atomic E-state index is 0.0729. The second kappa shape index (κ2) is 6.14. The van der Waals surface area contributed by atoms with Gasteiger partial charge in [0.1, 0.15) is 4.90 Å². The van der Waals surface area contributed by atoms with Crippen molar-refractivity contribution in [1.82, 2.24) is 4.72 Å². The van der Waals surface area contributed by atoms with Crippen LogP contribution in [0.15, 0.2) is 29.2 Å². The first kappa shape index (κ1) is 14.9. The van der Waals surface area contributed by atoms with E-state index in [0.29, 0.717) is 0 Å². The number of nitrogens with one attached hydrogen (secondary N) is 1. The topological polar surface area (TPSA) is 104 Å². The van der Waals surface area contributed by atoms with E-state index in [1.165, 1.54) is 18.2 Å². The first-order valence-corrected chi connectivity index (χ1v) is 6.86. The SMILES string of the molecule is O=C(O)[C@@H](O)CCNS(=O)(=O)c1ccccc1Cl. The molecule has 8 heteroatoms. The van der Waals surface area contributed by atoms with Crippen molar-refractivity contribution in [3.05, 3.63) is 29.3 Å². The fraction of sp³-hybridized carbons (Fsp3) is 0.300. The van der Waals surface area contributed by atoms with Crippen molar-refractivity contribution in [2.75, 3.05) is 6.54 Å². The zero-order valence-corrected chi connectivity index (χ0v) is 10.8. The minimum Gasteiger partial charge on any atom is -0.479 e. The Hall–Kier alpha value is -1.15. The largest absolute Gasteiger partial charge is 0.479 e. The summed E-state index contributed by atoms with van der Waals surface area (Å²) in [7, 11) is -3.80. The van der Waals surface area contributed by atoms with E-state index in [1.807, 2.05) is 0 Å². The number of halogens is 1. The Morgan fingerprint density at radius 2 is 2.00 bits per heavy atom. The maximum Gasteiger partial charge on any atom is 0.332 e. The van der Waals surface area contributed by atoms with Crippen molar-refractivity contribution in [2.24, 2.45) is 0 Å². The van der Waals surface area contributed by atoms with Crippen LogP contribution in [0.2, 0.25) is 5.02 Å². The van der Waals surface area contributed by atoms with Crippen molar-refractivity contribution < 1.29 is 23.4 Å². The number of carboxylic acid groups (broad SMARTS) is 1. The molecular formula is C10H12ClNO5S. The van der Waals surface area contributed by atoms with Crippen molar-refractivity contribution >= 4 is 27.6 Å². The first-order chi connectivity index (χ1) is 8.34. The lowest BCUT2D eigenvalue weighted by atomic mass is 10.3.